The van der Waals surface area contributed by atoms with E-state index in [1.165, 1.54) is 63.3 Å². The minimum atomic E-state index is -3.63. The summed E-state index contributed by atoms with van der Waals surface area (Å²) in [6, 6.07) is 10.4. The van der Waals surface area contributed by atoms with Gasteiger partial charge in [0.25, 0.3) is 0 Å². The van der Waals surface area contributed by atoms with Crippen molar-refractivity contribution in [1.82, 2.24) is 4.31 Å². The summed E-state index contributed by atoms with van der Waals surface area (Å²) in [5.74, 6) is 0.482. The minimum Gasteiger partial charge on any atom is -0.495 e. The van der Waals surface area contributed by atoms with Crippen LogP contribution in [0.2, 0.25) is 0 Å². The topological polar surface area (TPSA) is 75.7 Å². The number of benzene rings is 2. The molecule has 0 spiro atoms. The molecule has 0 heterocycles. The van der Waals surface area contributed by atoms with Crippen LogP contribution in [-0.2, 0) is 20.6 Å². The van der Waals surface area contributed by atoms with Gasteiger partial charge in [-0.2, -0.15) is 0 Å². The molecule has 0 aliphatic rings. The average Bonchev–Trinajstić information content (AvgIpc) is 2.63. The van der Waals surface area contributed by atoms with Gasteiger partial charge in [0.1, 0.15) is 11.6 Å². The summed E-state index contributed by atoms with van der Waals surface area (Å²) < 4.78 is 43.7. The van der Waals surface area contributed by atoms with E-state index in [9.17, 15) is 17.6 Å². The Morgan fingerprint density at radius 2 is 1.85 bits per heavy atom. The van der Waals surface area contributed by atoms with Gasteiger partial charge in [-0.3, -0.25) is 4.79 Å². The number of hydrogen-bond donors (Lipinski definition) is 1. The van der Waals surface area contributed by atoms with Crippen LogP contribution in [0.15, 0.2) is 47.4 Å². The van der Waals surface area contributed by atoms with Crippen molar-refractivity contribution in [2.24, 2.45) is 0 Å². The van der Waals surface area contributed by atoms with Crippen LogP contribution in [0.5, 0.6) is 5.75 Å². The highest BCUT2D eigenvalue weighted by molar-refractivity contribution is 7.99. The van der Waals surface area contributed by atoms with E-state index >= 15 is 0 Å². The predicted octanol–water partition coefficient (Wildman–Crippen LogP) is 2.96. The molecule has 9 heteroatoms. The Kier molecular flexibility index (Phi) is 7.23. The van der Waals surface area contributed by atoms with Crippen molar-refractivity contribution in [3.63, 3.8) is 0 Å². The van der Waals surface area contributed by atoms with E-state index in [0.717, 1.165) is 9.87 Å². The second-order valence-corrected chi connectivity index (χ2v) is 8.95. The Morgan fingerprint density at radius 1 is 1.19 bits per heavy atom. The summed E-state index contributed by atoms with van der Waals surface area (Å²) in [6.07, 6.45) is 0. The maximum absolute atomic E-state index is 12.9. The first-order chi connectivity index (χ1) is 12.7. The quantitative estimate of drug-likeness (QED) is 0.722. The van der Waals surface area contributed by atoms with Crippen molar-refractivity contribution in [2.75, 3.05) is 32.3 Å². The molecule has 0 atom stereocenters. The normalized spacial score (nSPS) is 11.4. The number of rotatable bonds is 8. The zero-order chi connectivity index (χ0) is 20.0. The monoisotopic (exact) mass is 412 g/mol. The lowest BCUT2D eigenvalue weighted by atomic mass is 10.2. The van der Waals surface area contributed by atoms with Crippen LogP contribution in [0.3, 0.4) is 0 Å². The zero-order valence-electron chi connectivity index (χ0n) is 15.2. The lowest BCUT2D eigenvalue weighted by Gasteiger charge is -2.15. The maximum Gasteiger partial charge on any atom is 0.242 e. The first-order valence-corrected chi connectivity index (χ1v) is 10.6. The fourth-order valence-electron chi connectivity index (χ4n) is 2.18. The lowest BCUT2D eigenvalue weighted by molar-refractivity contribution is -0.113. The smallest absolute Gasteiger partial charge is 0.242 e. The van der Waals surface area contributed by atoms with Crippen molar-refractivity contribution in [3.05, 3.63) is 53.8 Å². The van der Waals surface area contributed by atoms with Crippen LogP contribution in [0.1, 0.15) is 5.56 Å². The van der Waals surface area contributed by atoms with E-state index in [0.29, 0.717) is 11.5 Å². The Bertz CT molecular complexity index is 900. The molecule has 146 valence electrons. The second kappa shape index (κ2) is 9.20. The maximum atomic E-state index is 12.9. The summed E-state index contributed by atoms with van der Waals surface area (Å²) in [5.41, 5.74) is 1.19. The van der Waals surface area contributed by atoms with E-state index in [1.807, 2.05) is 0 Å². The van der Waals surface area contributed by atoms with Gasteiger partial charge in [0.15, 0.2) is 0 Å². The third-order valence-corrected chi connectivity index (χ3v) is 6.45. The zero-order valence-corrected chi connectivity index (χ0v) is 16.9. The number of halogens is 1. The lowest BCUT2D eigenvalue weighted by Crippen LogP contribution is -2.22. The van der Waals surface area contributed by atoms with E-state index in [4.69, 9.17) is 4.74 Å². The molecule has 0 aliphatic carbocycles. The summed E-state index contributed by atoms with van der Waals surface area (Å²) in [5, 5.41) is 2.68. The van der Waals surface area contributed by atoms with E-state index < -0.39 is 10.0 Å². The molecular weight excluding hydrogens is 391 g/mol. The molecule has 1 N–H and O–H groups in total. The molecule has 0 aromatic heterocycles. The molecule has 0 radical (unpaired) electrons. The van der Waals surface area contributed by atoms with E-state index in [1.54, 1.807) is 12.1 Å². The number of carbonyl (C=O) groups is 1. The second-order valence-electron chi connectivity index (χ2n) is 5.82. The third kappa shape index (κ3) is 5.69. The first-order valence-electron chi connectivity index (χ1n) is 7.96. The molecule has 0 saturated carbocycles. The highest BCUT2D eigenvalue weighted by Crippen LogP contribution is 2.28. The first kappa shape index (κ1) is 21.2. The van der Waals surface area contributed by atoms with Gasteiger partial charge in [0.05, 0.1) is 23.4 Å². The predicted molar refractivity (Wildman–Crippen MR) is 105 cm³/mol. The van der Waals surface area contributed by atoms with Crippen LogP contribution in [-0.4, -0.2) is 45.6 Å². The van der Waals surface area contributed by atoms with Gasteiger partial charge in [-0.15, -0.1) is 11.8 Å². The van der Waals surface area contributed by atoms with E-state index in [-0.39, 0.29) is 28.1 Å². The minimum absolute atomic E-state index is 0.0579. The fourth-order valence-corrected chi connectivity index (χ4v) is 3.90. The van der Waals surface area contributed by atoms with E-state index in [2.05, 4.69) is 5.32 Å². The highest BCUT2D eigenvalue weighted by atomic mass is 32.2. The fraction of sp³-hybridized carbons (Fsp3) is 0.278. The van der Waals surface area contributed by atoms with Crippen molar-refractivity contribution in [3.8, 4) is 5.75 Å². The number of nitrogens with zero attached hydrogens (tertiary/aromatic N) is 1. The number of sulfonamides is 1. The molecular formula is C18H21FN2O4S2. The largest absolute Gasteiger partial charge is 0.495 e. The molecule has 27 heavy (non-hydrogen) atoms. The van der Waals surface area contributed by atoms with Gasteiger partial charge in [-0.25, -0.2) is 17.1 Å². The Morgan fingerprint density at radius 3 is 2.44 bits per heavy atom. The summed E-state index contributed by atoms with van der Waals surface area (Å²) >= 11 is 1.37. The molecule has 6 nitrogen and oxygen atoms in total. The number of amides is 1. The van der Waals surface area contributed by atoms with Crippen LogP contribution in [0, 0.1) is 5.82 Å². The molecule has 0 aliphatic heterocycles. The summed E-state index contributed by atoms with van der Waals surface area (Å²) in [4.78, 5) is 12.3. The van der Waals surface area contributed by atoms with Crippen molar-refractivity contribution in [1.29, 1.82) is 0 Å². The van der Waals surface area contributed by atoms with Crippen molar-refractivity contribution in [2.45, 2.75) is 10.6 Å². The average molecular weight is 413 g/mol. The van der Waals surface area contributed by atoms with Crippen molar-refractivity contribution >= 4 is 33.4 Å². The van der Waals surface area contributed by atoms with Gasteiger partial charge in [0, 0.05) is 19.8 Å². The standard InChI is InChI=1S/C18H21FN2O4S2/c1-21(2)27(23,24)15-8-9-17(25-3)16(10-15)20-18(22)12-26-11-13-4-6-14(19)7-5-13/h4-10H,11-12H2,1-3H3,(H,20,22). The van der Waals surface area contributed by atoms with Crippen LogP contribution < -0.4 is 10.1 Å². The van der Waals surface area contributed by atoms with Crippen LogP contribution in [0.25, 0.3) is 0 Å². The summed E-state index contributed by atoms with van der Waals surface area (Å²) in [6.45, 7) is 0. The third-order valence-electron chi connectivity index (χ3n) is 3.64. The van der Waals surface area contributed by atoms with Crippen molar-refractivity contribution < 1.29 is 22.3 Å². The molecule has 2 aromatic rings. The van der Waals surface area contributed by atoms with Gasteiger partial charge in [-0.05, 0) is 35.9 Å². The van der Waals surface area contributed by atoms with Gasteiger partial charge >= 0.3 is 0 Å². The number of thioether (sulfide) groups is 1. The van der Waals surface area contributed by atoms with Gasteiger partial charge in [0.2, 0.25) is 15.9 Å². The Labute approximate surface area is 162 Å². The molecule has 2 rings (SSSR count). The van der Waals surface area contributed by atoms with Crippen LogP contribution >= 0.6 is 11.8 Å². The molecule has 0 unspecified atom stereocenters. The summed E-state index contributed by atoms with van der Waals surface area (Å²) in [7, 11) is 0.682. The van der Waals surface area contributed by atoms with Gasteiger partial charge in [-0.1, -0.05) is 12.1 Å². The number of nitrogens with one attached hydrogen (secondary N) is 1. The SMILES string of the molecule is COc1ccc(S(=O)(=O)N(C)C)cc1NC(=O)CSCc1ccc(F)cc1. The number of hydrogen-bond acceptors (Lipinski definition) is 5. The molecule has 0 saturated heterocycles. The molecule has 0 bridgehead atoms. The molecule has 0 fully saturated rings. The number of carbonyl (C=O) groups excluding carboxylic acids is 1. The van der Waals surface area contributed by atoms with Gasteiger partial charge < -0.3 is 10.1 Å². The number of anilines is 1. The molecule has 1 amide bonds. The number of methoxy groups -OCH3 is 1. The number of ether oxygens (including phenoxy) is 1. The Hall–Kier alpha value is -2.10. The Balaban J connectivity index is 2.04. The van der Waals surface area contributed by atoms with Crippen LogP contribution in [0.4, 0.5) is 10.1 Å². The highest BCUT2D eigenvalue weighted by Gasteiger charge is 2.19. The molecule has 2 aromatic carbocycles.